The smallest absolute Gasteiger partial charge is 0.240 e. The Kier molecular flexibility index (Phi) is 6.24. The summed E-state index contributed by atoms with van der Waals surface area (Å²) in [6.45, 7) is 5.69. The topological polar surface area (TPSA) is 87.3 Å². The number of amides is 1. The molecule has 0 radical (unpaired) electrons. The minimum atomic E-state index is -3.59. The molecule has 1 amide bonds. The summed E-state index contributed by atoms with van der Waals surface area (Å²) in [7, 11) is -3.59. The third-order valence-electron chi connectivity index (χ3n) is 7.76. The molecule has 0 unspecified atom stereocenters. The molecule has 2 bridgehead atoms. The molecule has 30 heavy (non-hydrogen) atoms. The Bertz CT molecular complexity index is 871. The highest BCUT2D eigenvalue weighted by atomic mass is 32.2. The second-order valence-electron chi connectivity index (χ2n) is 9.69. The molecule has 0 spiro atoms. The summed E-state index contributed by atoms with van der Waals surface area (Å²) in [5, 5.41) is 6.42. The van der Waals surface area contributed by atoms with Crippen LogP contribution in [0.15, 0.2) is 23.1 Å². The van der Waals surface area contributed by atoms with Crippen LogP contribution in [0.25, 0.3) is 0 Å². The number of fused-ring (bicyclic) bond motifs is 3. The molecule has 1 atom stereocenters. The number of sulfonamides is 1. The maximum atomic E-state index is 13.1. The fraction of sp³-hybridized carbons (Fsp3) is 0.696. The number of carbonyl (C=O) groups is 1. The van der Waals surface area contributed by atoms with Crippen LogP contribution in [0.2, 0.25) is 0 Å². The van der Waals surface area contributed by atoms with Gasteiger partial charge in [0.15, 0.2) is 0 Å². The van der Waals surface area contributed by atoms with E-state index in [1.165, 1.54) is 0 Å². The fourth-order valence-electron chi connectivity index (χ4n) is 5.54. The molecule has 166 valence electrons. The van der Waals surface area contributed by atoms with E-state index in [9.17, 15) is 13.2 Å². The Morgan fingerprint density at radius 2 is 1.73 bits per heavy atom. The average molecular weight is 434 g/mol. The highest BCUT2D eigenvalue weighted by Gasteiger charge is 2.45. The first kappa shape index (κ1) is 21.8. The van der Waals surface area contributed by atoms with Crippen molar-refractivity contribution >= 4 is 21.6 Å². The molecule has 4 aliphatic rings. The molecule has 5 rings (SSSR count). The van der Waals surface area contributed by atoms with Crippen LogP contribution in [0, 0.1) is 24.2 Å². The van der Waals surface area contributed by atoms with Gasteiger partial charge in [-0.25, -0.2) is 13.1 Å². The molecule has 1 aromatic rings. The second kappa shape index (κ2) is 8.60. The number of benzene rings is 1. The van der Waals surface area contributed by atoms with E-state index in [-0.39, 0.29) is 22.3 Å². The second-order valence-corrected chi connectivity index (χ2v) is 11.4. The average Bonchev–Trinajstić information content (AvgIpc) is 2.76. The highest BCUT2D eigenvalue weighted by Crippen LogP contribution is 2.50. The molecule has 1 heterocycles. The maximum absolute atomic E-state index is 13.1. The SMILES string of the molecule is Cc1cc(S(=O)(=O)N[C@H](C)C2CCNCC2)ccc1NC(=O)C12CCC(CC1)CC2. The van der Waals surface area contributed by atoms with Crippen molar-refractivity contribution in [3.05, 3.63) is 23.8 Å². The predicted octanol–water partition coefficient (Wildman–Crippen LogP) is 3.57. The van der Waals surface area contributed by atoms with Gasteiger partial charge in [-0.3, -0.25) is 4.79 Å². The van der Waals surface area contributed by atoms with Gasteiger partial charge in [-0.1, -0.05) is 0 Å². The normalized spacial score (nSPS) is 28.3. The molecule has 4 fully saturated rings. The van der Waals surface area contributed by atoms with Gasteiger partial charge in [0.05, 0.1) is 4.90 Å². The zero-order chi connectivity index (χ0) is 21.4. The fourth-order valence-corrected chi connectivity index (χ4v) is 6.94. The number of carbonyl (C=O) groups excluding carboxylic acids is 1. The monoisotopic (exact) mass is 433 g/mol. The lowest BCUT2D eigenvalue weighted by atomic mass is 9.60. The van der Waals surface area contributed by atoms with Gasteiger partial charge in [-0.05, 0) is 114 Å². The zero-order valence-corrected chi connectivity index (χ0v) is 19.0. The van der Waals surface area contributed by atoms with Crippen LogP contribution in [0.3, 0.4) is 0 Å². The molecule has 3 N–H and O–H groups in total. The molecular weight excluding hydrogens is 398 g/mol. The maximum Gasteiger partial charge on any atom is 0.240 e. The van der Waals surface area contributed by atoms with E-state index in [0.29, 0.717) is 11.6 Å². The number of aryl methyl sites for hydroxylation is 1. The van der Waals surface area contributed by atoms with E-state index < -0.39 is 10.0 Å². The van der Waals surface area contributed by atoms with Gasteiger partial charge >= 0.3 is 0 Å². The number of hydrogen-bond donors (Lipinski definition) is 3. The summed E-state index contributed by atoms with van der Waals surface area (Å²) < 4.78 is 28.7. The van der Waals surface area contributed by atoms with Gasteiger partial charge < -0.3 is 10.6 Å². The summed E-state index contributed by atoms with van der Waals surface area (Å²) in [4.78, 5) is 13.3. The van der Waals surface area contributed by atoms with Crippen molar-refractivity contribution in [3.63, 3.8) is 0 Å². The first-order valence-electron chi connectivity index (χ1n) is 11.4. The van der Waals surface area contributed by atoms with Gasteiger partial charge in [0, 0.05) is 17.1 Å². The lowest BCUT2D eigenvalue weighted by molar-refractivity contribution is -0.131. The third-order valence-corrected chi connectivity index (χ3v) is 9.32. The molecule has 3 saturated carbocycles. The van der Waals surface area contributed by atoms with Gasteiger partial charge in [-0.15, -0.1) is 0 Å². The van der Waals surface area contributed by atoms with Crippen LogP contribution in [0.4, 0.5) is 5.69 Å². The minimum Gasteiger partial charge on any atom is -0.325 e. The number of anilines is 1. The lowest BCUT2D eigenvalue weighted by Crippen LogP contribution is -2.43. The Labute approximate surface area is 180 Å². The van der Waals surface area contributed by atoms with E-state index in [1.54, 1.807) is 18.2 Å². The van der Waals surface area contributed by atoms with Gasteiger partial charge in [0.1, 0.15) is 0 Å². The Morgan fingerprint density at radius 1 is 1.10 bits per heavy atom. The van der Waals surface area contributed by atoms with Crippen LogP contribution in [0.1, 0.15) is 63.9 Å². The summed E-state index contributed by atoms with van der Waals surface area (Å²) in [5.74, 6) is 1.27. The quantitative estimate of drug-likeness (QED) is 0.640. The van der Waals surface area contributed by atoms with E-state index in [1.807, 2.05) is 13.8 Å². The number of nitrogens with one attached hydrogen (secondary N) is 3. The van der Waals surface area contributed by atoms with Crippen molar-refractivity contribution in [2.75, 3.05) is 18.4 Å². The molecule has 6 nitrogen and oxygen atoms in total. The van der Waals surface area contributed by atoms with Crippen LogP contribution >= 0.6 is 0 Å². The Morgan fingerprint density at radius 3 is 2.33 bits per heavy atom. The first-order chi connectivity index (χ1) is 14.3. The van der Waals surface area contributed by atoms with Crippen molar-refractivity contribution in [2.24, 2.45) is 17.3 Å². The minimum absolute atomic E-state index is 0.0997. The molecule has 7 heteroatoms. The van der Waals surface area contributed by atoms with Crippen molar-refractivity contribution in [3.8, 4) is 0 Å². The summed E-state index contributed by atoms with van der Waals surface area (Å²) in [5.41, 5.74) is 1.27. The molecule has 3 aliphatic carbocycles. The van der Waals surface area contributed by atoms with E-state index >= 15 is 0 Å². The molecule has 1 saturated heterocycles. The molecule has 1 aliphatic heterocycles. The Balaban J connectivity index is 1.44. The number of piperidine rings is 1. The van der Waals surface area contributed by atoms with Crippen molar-refractivity contribution < 1.29 is 13.2 Å². The van der Waals surface area contributed by atoms with Crippen LogP contribution in [0.5, 0.6) is 0 Å². The summed E-state index contributed by atoms with van der Waals surface area (Å²) in [6, 6.07) is 4.91. The van der Waals surface area contributed by atoms with E-state index in [2.05, 4.69) is 15.4 Å². The van der Waals surface area contributed by atoms with Crippen molar-refractivity contribution in [1.29, 1.82) is 0 Å². The largest absolute Gasteiger partial charge is 0.325 e. The predicted molar refractivity (Wildman–Crippen MR) is 119 cm³/mol. The Hall–Kier alpha value is -1.44. The first-order valence-corrected chi connectivity index (χ1v) is 12.9. The summed E-state index contributed by atoms with van der Waals surface area (Å²) >= 11 is 0. The van der Waals surface area contributed by atoms with Crippen LogP contribution in [-0.4, -0.2) is 33.5 Å². The van der Waals surface area contributed by atoms with Crippen molar-refractivity contribution in [1.82, 2.24) is 10.0 Å². The summed E-state index contributed by atoms with van der Waals surface area (Å²) in [6.07, 6.45) is 8.38. The van der Waals surface area contributed by atoms with E-state index in [0.717, 1.165) is 75.9 Å². The van der Waals surface area contributed by atoms with Crippen LogP contribution in [-0.2, 0) is 14.8 Å². The number of rotatable bonds is 6. The molecule has 0 aromatic heterocycles. The highest BCUT2D eigenvalue weighted by molar-refractivity contribution is 7.89. The lowest BCUT2D eigenvalue weighted by Gasteiger charge is -2.45. The van der Waals surface area contributed by atoms with E-state index in [4.69, 9.17) is 0 Å². The number of hydrogen-bond acceptors (Lipinski definition) is 4. The zero-order valence-electron chi connectivity index (χ0n) is 18.2. The van der Waals surface area contributed by atoms with Crippen molar-refractivity contribution in [2.45, 2.75) is 76.2 Å². The standard InChI is InChI=1S/C23H35N3O3S/c1-16-15-20(30(28,29)26-17(2)19-8-13-24-14-9-19)3-4-21(16)25-22(27)23-10-5-18(6-11-23)7-12-23/h3-4,15,17-19,24,26H,5-14H2,1-2H3,(H,25,27)/t17-,18?,23?/m1/s1. The van der Waals surface area contributed by atoms with Crippen LogP contribution < -0.4 is 15.4 Å². The van der Waals surface area contributed by atoms with Gasteiger partial charge in [-0.2, -0.15) is 0 Å². The third kappa shape index (κ3) is 4.43. The molecule has 1 aromatic carbocycles. The van der Waals surface area contributed by atoms with Gasteiger partial charge in [0.25, 0.3) is 0 Å². The molecular formula is C23H35N3O3S. The van der Waals surface area contributed by atoms with Gasteiger partial charge in [0.2, 0.25) is 15.9 Å².